The standard InChI is InChI=1S/C22H24N4O3S/c1-13-3-7-16(8-4-13)23-22(27)18-11-19(15-5-6-15)24-21-20(18)14(2)25-26(21)17-9-10-30(28,29)12-17/h3-4,7-8,11,15,17H,5-6,9-10,12H2,1-2H3,(H,23,27)/t17-/m0/s1. The van der Waals surface area contributed by atoms with Gasteiger partial charge in [-0.2, -0.15) is 5.10 Å². The van der Waals surface area contributed by atoms with Crippen LogP contribution in [0, 0.1) is 13.8 Å². The van der Waals surface area contributed by atoms with E-state index in [1.54, 1.807) is 4.68 Å². The SMILES string of the molecule is Cc1ccc(NC(=O)c2cc(C3CC3)nc3c2c(C)nn3[C@H]2CCS(=O)(=O)C2)cc1. The van der Waals surface area contributed by atoms with E-state index in [2.05, 4.69) is 10.4 Å². The Hall–Kier alpha value is -2.74. The highest BCUT2D eigenvalue weighted by molar-refractivity contribution is 7.91. The first-order valence-corrected chi connectivity index (χ1v) is 12.1. The van der Waals surface area contributed by atoms with Gasteiger partial charge in [-0.25, -0.2) is 18.1 Å². The number of fused-ring (bicyclic) bond motifs is 1. The van der Waals surface area contributed by atoms with Gasteiger partial charge in [-0.1, -0.05) is 17.7 Å². The molecule has 156 valence electrons. The van der Waals surface area contributed by atoms with Crippen molar-refractivity contribution in [2.75, 3.05) is 16.8 Å². The molecule has 2 aromatic heterocycles. The van der Waals surface area contributed by atoms with Gasteiger partial charge in [0.05, 0.1) is 34.2 Å². The molecule has 1 saturated heterocycles. The zero-order chi connectivity index (χ0) is 21.0. The number of nitrogens with one attached hydrogen (secondary N) is 1. The molecule has 0 radical (unpaired) electrons. The molecule has 3 heterocycles. The maximum absolute atomic E-state index is 13.2. The van der Waals surface area contributed by atoms with Crippen molar-refractivity contribution in [3.8, 4) is 0 Å². The molecular weight excluding hydrogens is 400 g/mol. The molecule has 0 spiro atoms. The van der Waals surface area contributed by atoms with Gasteiger partial charge in [0.15, 0.2) is 15.5 Å². The summed E-state index contributed by atoms with van der Waals surface area (Å²) in [6, 6.07) is 9.32. The van der Waals surface area contributed by atoms with Crippen LogP contribution in [0.25, 0.3) is 11.0 Å². The van der Waals surface area contributed by atoms with Gasteiger partial charge in [0, 0.05) is 17.3 Å². The summed E-state index contributed by atoms with van der Waals surface area (Å²) < 4.78 is 25.8. The molecule has 0 bridgehead atoms. The normalized spacial score (nSPS) is 20.5. The van der Waals surface area contributed by atoms with Crippen molar-refractivity contribution in [2.45, 2.75) is 45.1 Å². The fraction of sp³-hybridized carbons (Fsp3) is 0.409. The number of aryl methyl sites for hydroxylation is 2. The molecule has 30 heavy (non-hydrogen) atoms. The second-order valence-corrected chi connectivity index (χ2v) is 10.7. The Bertz CT molecular complexity index is 1260. The van der Waals surface area contributed by atoms with Crippen molar-refractivity contribution in [3.63, 3.8) is 0 Å². The minimum atomic E-state index is -3.06. The Labute approximate surface area is 175 Å². The maximum Gasteiger partial charge on any atom is 0.256 e. The van der Waals surface area contributed by atoms with Gasteiger partial charge in [0.2, 0.25) is 0 Å². The van der Waals surface area contributed by atoms with Gasteiger partial charge >= 0.3 is 0 Å². The molecule has 8 heteroatoms. The van der Waals surface area contributed by atoms with Crippen molar-refractivity contribution in [1.29, 1.82) is 0 Å². The Balaban J connectivity index is 1.60. The van der Waals surface area contributed by atoms with Crippen LogP contribution >= 0.6 is 0 Å². The lowest BCUT2D eigenvalue weighted by Gasteiger charge is -2.12. The highest BCUT2D eigenvalue weighted by Crippen LogP contribution is 2.41. The predicted molar refractivity (Wildman–Crippen MR) is 116 cm³/mol. The van der Waals surface area contributed by atoms with Gasteiger partial charge in [0.1, 0.15) is 0 Å². The summed E-state index contributed by atoms with van der Waals surface area (Å²) in [4.78, 5) is 18.1. The van der Waals surface area contributed by atoms with E-state index in [9.17, 15) is 13.2 Å². The number of carbonyl (C=O) groups is 1. The molecular formula is C22H24N4O3S. The summed E-state index contributed by atoms with van der Waals surface area (Å²) in [7, 11) is -3.06. The van der Waals surface area contributed by atoms with Gasteiger partial charge in [-0.05, 0) is 51.3 Å². The lowest BCUT2D eigenvalue weighted by Crippen LogP contribution is -2.15. The largest absolute Gasteiger partial charge is 0.322 e. The van der Waals surface area contributed by atoms with Crippen LogP contribution in [-0.2, 0) is 9.84 Å². The Morgan fingerprint density at radius 1 is 1.13 bits per heavy atom. The number of carbonyl (C=O) groups excluding carboxylic acids is 1. The van der Waals surface area contributed by atoms with Crippen LogP contribution in [0.2, 0.25) is 0 Å². The molecule has 7 nitrogen and oxygen atoms in total. The Morgan fingerprint density at radius 3 is 2.50 bits per heavy atom. The predicted octanol–water partition coefficient (Wildman–Crippen LogP) is 3.54. The number of rotatable bonds is 4. The summed E-state index contributed by atoms with van der Waals surface area (Å²) >= 11 is 0. The monoisotopic (exact) mass is 424 g/mol. The number of aromatic nitrogens is 3. The molecule has 5 rings (SSSR count). The smallest absolute Gasteiger partial charge is 0.256 e. The van der Waals surface area contributed by atoms with Crippen LogP contribution in [0.3, 0.4) is 0 Å². The fourth-order valence-electron chi connectivity index (χ4n) is 4.16. The number of pyridine rings is 1. The molecule has 1 amide bonds. The van der Waals surface area contributed by atoms with E-state index < -0.39 is 9.84 Å². The lowest BCUT2D eigenvalue weighted by molar-refractivity contribution is 0.102. The van der Waals surface area contributed by atoms with Crippen LogP contribution < -0.4 is 5.32 Å². The van der Waals surface area contributed by atoms with Gasteiger partial charge in [-0.3, -0.25) is 4.79 Å². The molecule has 1 aromatic carbocycles. The third-order valence-electron chi connectivity index (χ3n) is 5.96. The van der Waals surface area contributed by atoms with E-state index in [0.29, 0.717) is 34.6 Å². The third-order valence-corrected chi connectivity index (χ3v) is 7.71. The van der Waals surface area contributed by atoms with E-state index in [1.807, 2.05) is 44.2 Å². The Kier molecular flexibility index (Phi) is 4.43. The summed E-state index contributed by atoms with van der Waals surface area (Å²) in [6.45, 7) is 3.85. The number of nitrogens with zero attached hydrogens (tertiary/aromatic N) is 3. The molecule has 1 aliphatic carbocycles. The number of hydrogen-bond acceptors (Lipinski definition) is 5. The summed E-state index contributed by atoms with van der Waals surface area (Å²) in [5.41, 5.74) is 4.60. The first-order valence-electron chi connectivity index (χ1n) is 10.3. The highest BCUT2D eigenvalue weighted by Gasteiger charge is 2.34. The molecule has 2 aliphatic rings. The Morgan fingerprint density at radius 2 is 1.87 bits per heavy atom. The molecule has 0 unspecified atom stereocenters. The fourth-order valence-corrected chi connectivity index (χ4v) is 5.85. The second-order valence-electron chi connectivity index (χ2n) is 8.47. The highest BCUT2D eigenvalue weighted by atomic mass is 32.2. The van der Waals surface area contributed by atoms with Crippen LogP contribution in [0.1, 0.15) is 58.5 Å². The van der Waals surface area contributed by atoms with E-state index in [4.69, 9.17) is 4.98 Å². The summed E-state index contributed by atoms with van der Waals surface area (Å²) in [6.07, 6.45) is 2.64. The first kappa shape index (κ1) is 19.2. The van der Waals surface area contributed by atoms with Crippen LogP contribution in [0.15, 0.2) is 30.3 Å². The lowest BCUT2D eigenvalue weighted by atomic mass is 10.1. The molecule has 2 fully saturated rings. The van der Waals surface area contributed by atoms with E-state index in [-0.39, 0.29) is 23.5 Å². The van der Waals surface area contributed by atoms with Gasteiger partial charge in [-0.15, -0.1) is 0 Å². The number of sulfone groups is 1. The zero-order valence-electron chi connectivity index (χ0n) is 17.1. The zero-order valence-corrected chi connectivity index (χ0v) is 17.9. The van der Waals surface area contributed by atoms with Gasteiger partial charge in [0.25, 0.3) is 5.91 Å². The third kappa shape index (κ3) is 3.49. The molecule has 1 N–H and O–H groups in total. The average molecular weight is 425 g/mol. The average Bonchev–Trinajstić information content (AvgIpc) is 3.42. The van der Waals surface area contributed by atoms with Crippen LogP contribution in [0.4, 0.5) is 5.69 Å². The topological polar surface area (TPSA) is 93.9 Å². The van der Waals surface area contributed by atoms with E-state index >= 15 is 0 Å². The van der Waals surface area contributed by atoms with Crippen LogP contribution in [0.5, 0.6) is 0 Å². The van der Waals surface area contributed by atoms with Crippen LogP contribution in [-0.4, -0.2) is 40.6 Å². The minimum Gasteiger partial charge on any atom is -0.322 e. The summed E-state index contributed by atoms with van der Waals surface area (Å²) in [5.74, 6) is 0.399. The quantitative estimate of drug-likeness (QED) is 0.691. The first-order chi connectivity index (χ1) is 14.3. The molecule has 1 saturated carbocycles. The van der Waals surface area contributed by atoms with Crippen molar-refractivity contribution < 1.29 is 13.2 Å². The van der Waals surface area contributed by atoms with Crippen molar-refractivity contribution in [2.24, 2.45) is 0 Å². The van der Waals surface area contributed by atoms with Crippen molar-refractivity contribution in [1.82, 2.24) is 14.8 Å². The second kappa shape index (κ2) is 6.91. The number of anilines is 1. The summed E-state index contributed by atoms with van der Waals surface area (Å²) in [5, 5.41) is 8.32. The van der Waals surface area contributed by atoms with Crippen molar-refractivity contribution in [3.05, 3.63) is 52.8 Å². The number of amides is 1. The minimum absolute atomic E-state index is 0.0729. The van der Waals surface area contributed by atoms with Crippen molar-refractivity contribution >= 4 is 32.5 Å². The molecule has 1 atom stereocenters. The van der Waals surface area contributed by atoms with E-state index in [0.717, 1.165) is 29.8 Å². The maximum atomic E-state index is 13.2. The molecule has 1 aliphatic heterocycles. The van der Waals surface area contributed by atoms with Gasteiger partial charge < -0.3 is 5.32 Å². The van der Waals surface area contributed by atoms with E-state index in [1.165, 1.54) is 0 Å². The molecule has 3 aromatic rings. The number of hydrogen-bond donors (Lipinski definition) is 1. The number of benzene rings is 1.